The van der Waals surface area contributed by atoms with Crippen LogP contribution in [0.25, 0.3) is 10.6 Å². The number of pyridine rings is 1. The van der Waals surface area contributed by atoms with Crippen molar-refractivity contribution < 1.29 is 14.3 Å². The predicted octanol–water partition coefficient (Wildman–Crippen LogP) is 2.66. The van der Waals surface area contributed by atoms with Crippen molar-refractivity contribution in [2.45, 2.75) is 12.8 Å². The van der Waals surface area contributed by atoms with Crippen molar-refractivity contribution in [1.29, 1.82) is 0 Å². The molecule has 0 fully saturated rings. The minimum absolute atomic E-state index is 0.0573. The SMILES string of the molecule is COc1ccccc1N(CCC(N)=O)C(=O)Cc1csc(-c2cccnc2)n1. The second-order valence-electron chi connectivity index (χ2n) is 6.00. The number of thiazole rings is 1. The minimum atomic E-state index is -0.472. The number of ether oxygens (including phenoxy) is 1. The molecule has 0 radical (unpaired) electrons. The zero-order valence-corrected chi connectivity index (χ0v) is 16.2. The lowest BCUT2D eigenvalue weighted by molar-refractivity contribution is -0.118. The van der Waals surface area contributed by atoms with E-state index in [0.717, 1.165) is 10.6 Å². The molecule has 2 heterocycles. The molecule has 0 saturated heterocycles. The quantitative estimate of drug-likeness (QED) is 0.631. The summed E-state index contributed by atoms with van der Waals surface area (Å²) in [5, 5.41) is 2.66. The molecule has 8 heteroatoms. The molecule has 3 aromatic rings. The van der Waals surface area contributed by atoms with Gasteiger partial charge in [0, 0.05) is 36.3 Å². The zero-order chi connectivity index (χ0) is 19.9. The number of benzene rings is 1. The molecule has 0 aliphatic carbocycles. The van der Waals surface area contributed by atoms with E-state index in [1.807, 2.05) is 29.6 Å². The number of aromatic nitrogens is 2. The first-order valence-electron chi connectivity index (χ1n) is 8.65. The second-order valence-corrected chi connectivity index (χ2v) is 6.85. The molecule has 2 amide bonds. The topological polar surface area (TPSA) is 98.4 Å². The minimum Gasteiger partial charge on any atom is -0.495 e. The van der Waals surface area contributed by atoms with Crippen LogP contribution in [0.4, 0.5) is 5.69 Å². The number of rotatable bonds is 8. The van der Waals surface area contributed by atoms with E-state index in [-0.39, 0.29) is 25.3 Å². The highest BCUT2D eigenvalue weighted by molar-refractivity contribution is 7.13. The van der Waals surface area contributed by atoms with Crippen LogP contribution in [0.15, 0.2) is 54.2 Å². The number of hydrogen-bond donors (Lipinski definition) is 1. The van der Waals surface area contributed by atoms with Gasteiger partial charge in [-0.05, 0) is 24.3 Å². The van der Waals surface area contributed by atoms with Crippen LogP contribution in [0, 0.1) is 0 Å². The Bertz CT molecular complexity index is 959. The number of amides is 2. The van der Waals surface area contributed by atoms with Gasteiger partial charge in [0.15, 0.2) is 0 Å². The average molecular weight is 396 g/mol. The standard InChI is InChI=1S/C20H20N4O3S/c1-27-17-7-3-2-6-16(17)24(10-8-18(21)25)19(26)11-15-13-28-20(23-15)14-5-4-9-22-12-14/h2-7,9,12-13H,8,10-11H2,1H3,(H2,21,25). The van der Waals surface area contributed by atoms with Crippen LogP contribution in [-0.2, 0) is 16.0 Å². The highest BCUT2D eigenvalue weighted by atomic mass is 32.1. The monoisotopic (exact) mass is 396 g/mol. The van der Waals surface area contributed by atoms with E-state index in [1.165, 1.54) is 23.3 Å². The van der Waals surface area contributed by atoms with Crippen molar-refractivity contribution in [2.75, 3.05) is 18.6 Å². The van der Waals surface area contributed by atoms with E-state index >= 15 is 0 Å². The third-order valence-corrected chi connectivity index (χ3v) is 4.99. The maximum absolute atomic E-state index is 13.0. The lowest BCUT2D eigenvalue weighted by atomic mass is 10.2. The Morgan fingerprint density at radius 1 is 1.21 bits per heavy atom. The number of carbonyl (C=O) groups excluding carboxylic acids is 2. The number of nitrogens with zero attached hydrogens (tertiary/aromatic N) is 3. The van der Waals surface area contributed by atoms with Gasteiger partial charge in [-0.1, -0.05) is 12.1 Å². The fourth-order valence-corrected chi connectivity index (χ4v) is 3.53. The van der Waals surface area contributed by atoms with Crippen LogP contribution in [0.3, 0.4) is 0 Å². The van der Waals surface area contributed by atoms with Crippen molar-refractivity contribution in [3.05, 3.63) is 59.9 Å². The molecule has 0 aliphatic rings. The number of para-hydroxylation sites is 2. The van der Waals surface area contributed by atoms with Crippen LogP contribution >= 0.6 is 11.3 Å². The lowest BCUT2D eigenvalue weighted by Crippen LogP contribution is -2.35. The summed E-state index contributed by atoms with van der Waals surface area (Å²) in [6, 6.07) is 10.9. The Kier molecular flexibility index (Phi) is 6.33. The molecule has 0 aliphatic heterocycles. The molecule has 0 bridgehead atoms. The summed E-state index contributed by atoms with van der Waals surface area (Å²) in [4.78, 5) is 34.4. The highest BCUT2D eigenvalue weighted by Crippen LogP contribution is 2.29. The van der Waals surface area contributed by atoms with Crippen LogP contribution in [0.5, 0.6) is 5.75 Å². The van der Waals surface area contributed by atoms with Crippen LogP contribution in [0.1, 0.15) is 12.1 Å². The Balaban J connectivity index is 1.81. The molecule has 0 spiro atoms. The second kappa shape index (κ2) is 9.09. The van der Waals surface area contributed by atoms with Crippen molar-refractivity contribution >= 4 is 28.8 Å². The summed E-state index contributed by atoms with van der Waals surface area (Å²) in [6.07, 6.45) is 3.60. The van der Waals surface area contributed by atoms with Gasteiger partial charge in [-0.3, -0.25) is 14.6 Å². The Labute approximate surface area is 166 Å². The molecule has 0 atom stereocenters. The third-order valence-electron chi connectivity index (χ3n) is 4.05. The lowest BCUT2D eigenvalue weighted by Gasteiger charge is -2.24. The van der Waals surface area contributed by atoms with Gasteiger partial charge < -0.3 is 15.4 Å². The maximum Gasteiger partial charge on any atom is 0.233 e. The average Bonchev–Trinajstić information content (AvgIpc) is 3.17. The Morgan fingerprint density at radius 3 is 2.75 bits per heavy atom. The van der Waals surface area contributed by atoms with E-state index in [0.29, 0.717) is 17.1 Å². The fourth-order valence-electron chi connectivity index (χ4n) is 2.71. The van der Waals surface area contributed by atoms with Crippen LogP contribution in [0.2, 0.25) is 0 Å². The summed E-state index contributed by atoms with van der Waals surface area (Å²) >= 11 is 1.46. The van der Waals surface area contributed by atoms with E-state index in [4.69, 9.17) is 10.5 Å². The first-order valence-corrected chi connectivity index (χ1v) is 9.53. The molecule has 3 rings (SSSR count). The van der Waals surface area contributed by atoms with Gasteiger partial charge >= 0.3 is 0 Å². The van der Waals surface area contributed by atoms with E-state index in [2.05, 4.69) is 9.97 Å². The number of nitrogens with two attached hydrogens (primary N) is 1. The summed E-state index contributed by atoms with van der Waals surface area (Å²) in [7, 11) is 1.54. The third kappa shape index (κ3) is 4.72. The van der Waals surface area contributed by atoms with Crippen molar-refractivity contribution in [2.24, 2.45) is 5.73 Å². The number of carbonyl (C=O) groups is 2. The smallest absolute Gasteiger partial charge is 0.233 e. The van der Waals surface area contributed by atoms with E-state index in [9.17, 15) is 9.59 Å². The maximum atomic E-state index is 13.0. The normalized spacial score (nSPS) is 10.5. The van der Waals surface area contributed by atoms with Gasteiger partial charge in [-0.15, -0.1) is 11.3 Å². The fraction of sp³-hybridized carbons (Fsp3) is 0.200. The first-order chi connectivity index (χ1) is 13.6. The number of primary amides is 1. The molecule has 28 heavy (non-hydrogen) atoms. The van der Waals surface area contributed by atoms with Crippen molar-refractivity contribution in [3.8, 4) is 16.3 Å². The van der Waals surface area contributed by atoms with Gasteiger partial charge in [0.1, 0.15) is 10.8 Å². The summed E-state index contributed by atoms with van der Waals surface area (Å²) in [6.45, 7) is 0.175. The van der Waals surface area contributed by atoms with Gasteiger partial charge in [-0.2, -0.15) is 0 Å². The van der Waals surface area contributed by atoms with Gasteiger partial charge in [0.05, 0.1) is 24.9 Å². The van der Waals surface area contributed by atoms with Crippen LogP contribution < -0.4 is 15.4 Å². The molecular formula is C20H20N4O3S. The van der Waals surface area contributed by atoms with Gasteiger partial charge in [-0.25, -0.2) is 4.98 Å². The van der Waals surface area contributed by atoms with Gasteiger partial charge in [0.2, 0.25) is 11.8 Å². The molecule has 1 aromatic carbocycles. The summed E-state index contributed by atoms with van der Waals surface area (Å²) < 4.78 is 5.36. The van der Waals surface area contributed by atoms with E-state index < -0.39 is 5.91 Å². The molecule has 0 saturated carbocycles. The number of anilines is 1. The molecule has 0 unspecified atom stereocenters. The van der Waals surface area contributed by atoms with Crippen LogP contribution in [-0.4, -0.2) is 35.4 Å². The molecular weight excluding hydrogens is 376 g/mol. The predicted molar refractivity (Wildman–Crippen MR) is 108 cm³/mol. The molecule has 2 N–H and O–H groups in total. The number of methoxy groups -OCH3 is 1. The Hall–Kier alpha value is -3.26. The molecule has 7 nitrogen and oxygen atoms in total. The molecule has 2 aromatic heterocycles. The van der Waals surface area contributed by atoms with Gasteiger partial charge in [0.25, 0.3) is 0 Å². The zero-order valence-electron chi connectivity index (χ0n) is 15.4. The molecule has 144 valence electrons. The number of hydrogen-bond acceptors (Lipinski definition) is 6. The summed E-state index contributed by atoms with van der Waals surface area (Å²) in [5.74, 6) is -0.108. The van der Waals surface area contributed by atoms with Crippen molar-refractivity contribution in [1.82, 2.24) is 9.97 Å². The largest absolute Gasteiger partial charge is 0.495 e. The highest BCUT2D eigenvalue weighted by Gasteiger charge is 2.21. The summed E-state index contributed by atoms with van der Waals surface area (Å²) in [5.41, 5.74) is 7.45. The van der Waals surface area contributed by atoms with E-state index in [1.54, 1.807) is 24.5 Å². The first kappa shape index (κ1) is 19.5. The van der Waals surface area contributed by atoms with Crippen molar-refractivity contribution in [3.63, 3.8) is 0 Å². The Morgan fingerprint density at radius 2 is 2.04 bits per heavy atom.